The van der Waals surface area contributed by atoms with Crippen LogP contribution >= 0.6 is 0 Å². The molecular weight excluding hydrogens is 148 g/mol. The smallest absolute Gasteiger partial charge is 0.0854 e. The first-order chi connectivity index (χ1) is 5.65. The third-order valence-corrected chi connectivity index (χ3v) is 1.87. The van der Waals surface area contributed by atoms with E-state index in [1.54, 1.807) is 6.08 Å². The lowest BCUT2D eigenvalue weighted by molar-refractivity contribution is 0.816. The predicted octanol–water partition coefficient (Wildman–Crippen LogP) is 2.55. The van der Waals surface area contributed by atoms with Crippen LogP contribution in [0.4, 0.5) is 0 Å². The van der Waals surface area contributed by atoms with Crippen molar-refractivity contribution in [3.8, 4) is 0 Å². The van der Waals surface area contributed by atoms with Crippen LogP contribution in [0.3, 0.4) is 0 Å². The van der Waals surface area contributed by atoms with Crippen molar-refractivity contribution in [2.45, 2.75) is 26.7 Å². The lowest BCUT2D eigenvalue weighted by atomic mass is 10.0. The van der Waals surface area contributed by atoms with Gasteiger partial charge in [0.05, 0.1) is 11.4 Å². The van der Waals surface area contributed by atoms with Crippen LogP contribution < -0.4 is 0 Å². The molecule has 1 heterocycles. The van der Waals surface area contributed by atoms with Gasteiger partial charge in [0.15, 0.2) is 0 Å². The molecule has 0 bridgehead atoms. The van der Waals surface area contributed by atoms with Crippen molar-refractivity contribution in [2.75, 3.05) is 0 Å². The van der Waals surface area contributed by atoms with Crippen LogP contribution in [0.5, 0.6) is 0 Å². The van der Waals surface area contributed by atoms with E-state index in [2.05, 4.69) is 30.6 Å². The van der Waals surface area contributed by atoms with Crippen LogP contribution in [0.15, 0.2) is 12.6 Å². The summed E-state index contributed by atoms with van der Waals surface area (Å²) in [4.78, 5) is 0. The summed E-state index contributed by atoms with van der Waals surface area (Å²) in [6, 6.07) is 2.04. The molecule has 64 valence electrons. The SMILES string of the molecule is C=Cc1cc(C(C)C)c(C)nn1. The first kappa shape index (κ1) is 8.91. The molecule has 12 heavy (non-hydrogen) atoms. The average molecular weight is 162 g/mol. The Bertz CT molecular complexity index is 290. The van der Waals surface area contributed by atoms with Gasteiger partial charge < -0.3 is 0 Å². The fraction of sp³-hybridized carbons (Fsp3) is 0.400. The van der Waals surface area contributed by atoms with Gasteiger partial charge in [0.1, 0.15) is 0 Å². The van der Waals surface area contributed by atoms with Crippen molar-refractivity contribution in [3.63, 3.8) is 0 Å². The van der Waals surface area contributed by atoms with Crippen molar-refractivity contribution in [1.82, 2.24) is 10.2 Å². The standard InChI is InChI=1S/C10H14N2/c1-5-9-6-10(7(2)3)8(4)11-12-9/h5-7H,1H2,2-4H3. The van der Waals surface area contributed by atoms with Crippen LogP contribution in [0.25, 0.3) is 6.08 Å². The van der Waals surface area contributed by atoms with Crippen molar-refractivity contribution >= 4 is 6.08 Å². The molecule has 0 aromatic carbocycles. The molecule has 0 saturated heterocycles. The molecule has 2 nitrogen and oxygen atoms in total. The minimum Gasteiger partial charge on any atom is -0.155 e. The molecule has 0 aliphatic rings. The zero-order valence-electron chi connectivity index (χ0n) is 7.83. The van der Waals surface area contributed by atoms with Crippen molar-refractivity contribution in [2.24, 2.45) is 0 Å². The maximum Gasteiger partial charge on any atom is 0.0854 e. The summed E-state index contributed by atoms with van der Waals surface area (Å²) in [7, 11) is 0. The Morgan fingerprint density at radius 3 is 2.58 bits per heavy atom. The van der Waals surface area contributed by atoms with Crippen molar-refractivity contribution < 1.29 is 0 Å². The van der Waals surface area contributed by atoms with E-state index >= 15 is 0 Å². The van der Waals surface area contributed by atoms with E-state index in [0.29, 0.717) is 5.92 Å². The number of rotatable bonds is 2. The normalized spacial score (nSPS) is 10.3. The Kier molecular flexibility index (Phi) is 2.58. The molecule has 0 spiro atoms. The maximum atomic E-state index is 4.05. The highest BCUT2D eigenvalue weighted by Gasteiger charge is 2.04. The first-order valence-electron chi connectivity index (χ1n) is 4.11. The highest BCUT2D eigenvalue weighted by Crippen LogP contribution is 2.17. The molecular formula is C10H14N2. The Hall–Kier alpha value is -1.18. The summed E-state index contributed by atoms with van der Waals surface area (Å²) in [6.45, 7) is 9.94. The van der Waals surface area contributed by atoms with Crippen molar-refractivity contribution in [3.05, 3.63) is 29.6 Å². The van der Waals surface area contributed by atoms with Gasteiger partial charge in [0.2, 0.25) is 0 Å². The minimum atomic E-state index is 0.499. The third-order valence-electron chi connectivity index (χ3n) is 1.87. The number of aromatic nitrogens is 2. The van der Waals surface area contributed by atoms with E-state index in [4.69, 9.17) is 0 Å². The van der Waals surface area contributed by atoms with Crippen LogP contribution in [-0.4, -0.2) is 10.2 Å². The molecule has 0 aliphatic carbocycles. The van der Waals surface area contributed by atoms with Gasteiger partial charge in [0.25, 0.3) is 0 Å². The highest BCUT2D eigenvalue weighted by atomic mass is 15.1. The first-order valence-corrected chi connectivity index (χ1v) is 4.11. The molecule has 0 unspecified atom stereocenters. The Labute approximate surface area is 73.3 Å². The number of aryl methyl sites for hydroxylation is 1. The average Bonchev–Trinajstić information content (AvgIpc) is 2.05. The Balaban J connectivity index is 3.16. The molecule has 1 aromatic heterocycles. The fourth-order valence-corrected chi connectivity index (χ4v) is 1.17. The Morgan fingerprint density at radius 1 is 1.42 bits per heavy atom. The molecule has 0 amide bonds. The van der Waals surface area contributed by atoms with Gasteiger partial charge in [-0.1, -0.05) is 20.4 Å². The van der Waals surface area contributed by atoms with Crippen LogP contribution in [0.1, 0.15) is 36.7 Å². The van der Waals surface area contributed by atoms with E-state index < -0.39 is 0 Å². The quantitative estimate of drug-likeness (QED) is 0.667. The molecule has 0 fully saturated rings. The Morgan fingerprint density at radius 2 is 2.08 bits per heavy atom. The second-order valence-electron chi connectivity index (χ2n) is 3.17. The molecule has 0 N–H and O–H groups in total. The van der Waals surface area contributed by atoms with Crippen LogP contribution in [0.2, 0.25) is 0 Å². The molecule has 0 saturated carbocycles. The van der Waals surface area contributed by atoms with Crippen LogP contribution in [-0.2, 0) is 0 Å². The van der Waals surface area contributed by atoms with E-state index in [1.165, 1.54) is 5.56 Å². The van der Waals surface area contributed by atoms with Crippen molar-refractivity contribution in [1.29, 1.82) is 0 Å². The molecule has 0 aliphatic heterocycles. The number of nitrogens with zero attached hydrogens (tertiary/aromatic N) is 2. The van der Waals surface area contributed by atoms with Gasteiger partial charge in [0, 0.05) is 0 Å². The van der Waals surface area contributed by atoms with Gasteiger partial charge in [-0.05, 0) is 30.5 Å². The van der Waals surface area contributed by atoms with Gasteiger partial charge in [-0.25, -0.2) is 0 Å². The molecule has 1 aromatic rings. The van der Waals surface area contributed by atoms with E-state index in [1.807, 2.05) is 13.0 Å². The zero-order valence-corrected chi connectivity index (χ0v) is 7.83. The van der Waals surface area contributed by atoms with Gasteiger partial charge in [-0.2, -0.15) is 10.2 Å². The summed E-state index contributed by atoms with van der Waals surface area (Å²) in [6.07, 6.45) is 1.72. The summed E-state index contributed by atoms with van der Waals surface area (Å²) in [5, 5.41) is 8.02. The summed E-state index contributed by atoms with van der Waals surface area (Å²) in [5.74, 6) is 0.499. The summed E-state index contributed by atoms with van der Waals surface area (Å²) < 4.78 is 0. The van der Waals surface area contributed by atoms with E-state index in [-0.39, 0.29) is 0 Å². The second-order valence-corrected chi connectivity index (χ2v) is 3.17. The lowest BCUT2D eigenvalue weighted by Crippen LogP contribution is -1.98. The fourth-order valence-electron chi connectivity index (χ4n) is 1.17. The monoisotopic (exact) mass is 162 g/mol. The third kappa shape index (κ3) is 1.70. The van der Waals surface area contributed by atoms with Crippen LogP contribution in [0, 0.1) is 6.92 Å². The summed E-state index contributed by atoms with van der Waals surface area (Å²) in [5.41, 5.74) is 3.11. The molecule has 0 atom stereocenters. The predicted molar refractivity (Wildman–Crippen MR) is 50.9 cm³/mol. The second kappa shape index (κ2) is 3.48. The summed E-state index contributed by atoms with van der Waals surface area (Å²) >= 11 is 0. The maximum absolute atomic E-state index is 4.05. The van der Waals surface area contributed by atoms with E-state index in [0.717, 1.165) is 11.4 Å². The van der Waals surface area contributed by atoms with E-state index in [9.17, 15) is 0 Å². The highest BCUT2D eigenvalue weighted by molar-refractivity contribution is 5.43. The number of hydrogen-bond acceptors (Lipinski definition) is 2. The minimum absolute atomic E-state index is 0.499. The largest absolute Gasteiger partial charge is 0.155 e. The van der Waals surface area contributed by atoms with Gasteiger partial charge in [-0.3, -0.25) is 0 Å². The van der Waals surface area contributed by atoms with Gasteiger partial charge >= 0.3 is 0 Å². The lowest BCUT2D eigenvalue weighted by Gasteiger charge is -2.07. The molecule has 2 heteroatoms. The topological polar surface area (TPSA) is 25.8 Å². The number of hydrogen-bond donors (Lipinski definition) is 0. The molecule has 1 rings (SSSR count). The zero-order chi connectivity index (χ0) is 9.14. The molecule has 0 radical (unpaired) electrons. The van der Waals surface area contributed by atoms with Gasteiger partial charge in [-0.15, -0.1) is 0 Å².